The summed E-state index contributed by atoms with van der Waals surface area (Å²) in [6.07, 6.45) is 7.97. The van der Waals surface area contributed by atoms with Gasteiger partial charge in [-0.25, -0.2) is 31.6 Å². The zero-order valence-electron chi connectivity index (χ0n) is 24.2. The smallest absolute Gasteiger partial charge is 0.261 e. The Kier molecular flexibility index (Phi) is 7.16. The summed E-state index contributed by atoms with van der Waals surface area (Å²) in [4.78, 5) is 18.4. The number of benzene rings is 1. The lowest BCUT2D eigenvalue weighted by atomic mass is 10.00. The molecule has 1 aliphatic heterocycles. The molecule has 0 radical (unpaired) electrons. The lowest BCUT2D eigenvalue weighted by molar-refractivity contribution is 0.0115. The standard InChI is InChI=1S/C32H28F3N7O2S/c1-45(43,44)7-3-19-8-21(11-24(33)10-19)25-2-5-37-30-26(25)13-28(39-30)29-27-12-23(16-38-31(27)41-40-29)22-9-20(14-36-15-22)17-42-6-4-32(34,35)18-42/h2,5,8-16H,3-4,6-7,17-18H2,1H3,(H,37,39)(H,38,40,41). The van der Waals surface area contributed by atoms with Gasteiger partial charge in [-0.15, -0.1) is 0 Å². The molecule has 0 unspecified atom stereocenters. The van der Waals surface area contributed by atoms with Gasteiger partial charge < -0.3 is 4.98 Å². The second-order valence-electron chi connectivity index (χ2n) is 11.6. The molecule has 6 aromatic rings. The molecule has 1 aromatic carbocycles. The van der Waals surface area contributed by atoms with Gasteiger partial charge in [-0.05, 0) is 65.1 Å². The van der Waals surface area contributed by atoms with Gasteiger partial charge in [0.25, 0.3) is 5.92 Å². The van der Waals surface area contributed by atoms with Crippen molar-refractivity contribution in [1.82, 2.24) is 35.0 Å². The van der Waals surface area contributed by atoms with Gasteiger partial charge in [0.05, 0.1) is 23.7 Å². The average molecular weight is 632 g/mol. The number of aromatic amines is 2. The minimum absolute atomic E-state index is 0.0728. The van der Waals surface area contributed by atoms with E-state index in [4.69, 9.17) is 0 Å². The first-order valence-electron chi connectivity index (χ1n) is 14.3. The highest BCUT2D eigenvalue weighted by molar-refractivity contribution is 7.90. The van der Waals surface area contributed by atoms with Crippen LogP contribution in [0.5, 0.6) is 0 Å². The van der Waals surface area contributed by atoms with Crippen molar-refractivity contribution < 1.29 is 21.6 Å². The molecule has 0 atom stereocenters. The van der Waals surface area contributed by atoms with Crippen LogP contribution >= 0.6 is 0 Å². The lowest BCUT2D eigenvalue weighted by Crippen LogP contribution is -2.24. The summed E-state index contributed by atoms with van der Waals surface area (Å²) in [6.45, 7) is 0.472. The number of nitrogens with one attached hydrogen (secondary N) is 2. The molecule has 0 saturated carbocycles. The summed E-state index contributed by atoms with van der Waals surface area (Å²) in [5.41, 5.74) is 6.84. The van der Waals surface area contributed by atoms with Crippen LogP contribution in [0.3, 0.4) is 0 Å². The second kappa shape index (κ2) is 11.1. The topological polar surface area (TPSA) is 121 Å². The molecular formula is C32H28F3N7O2S. The van der Waals surface area contributed by atoms with Crippen molar-refractivity contribution in [3.63, 3.8) is 0 Å². The number of hydrogen-bond donors (Lipinski definition) is 2. The van der Waals surface area contributed by atoms with Gasteiger partial charge in [0, 0.05) is 72.5 Å². The maximum atomic E-state index is 14.6. The number of rotatable bonds is 8. The number of H-pyrrole nitrogens is 2. The van der Waals surface area contributed by atoms with Crippen LogP contribution in [-0.2, 0) is 22.8 Å². The Morgan fingerprint density at radius 2 is 1.78 bits per heavy atom. The Balaban J connectivity index is 1.22. The second-order valence-corrected chi connectivity index (χ2v) is 13.9. The first-order chi connectivity index (χ1) is 21.5. The van der Waals surface area contributed by atoms with Crippen LogP contribution in [0, 0.1) is 5.82 Å². The molecule has 9 nitrogen and oxygen atoms in total. The summed E-state index contributed by atoms with van der Waals surface area (Å²) in [6, 6.07) is 12.2. The predicted molar refractivity (Wildman–Crippen MR) is 166 cm³/mol. The van der Waals surface area contributed by atoms with E-state index in [0.29, 0.717) is 46.9 Å². The Labute approximate surface area is 256 Å². The number of aryl methyl sites for hydroxylation is 1. The molecule has 5 aromatic heterocycles. The van der Waals surface area contributed by atoms with Gasteiger partial charge in [-0.1, -0.05) is 6.07 Å². The molecule has 6 heterocycles. The van der Waals surface area contributed by atoms with E-state index < -0.39 is 21.6 Å². The summed E-state index contributed by atoms with van der Waals surface area (Å²) >= 11 is 0. The van der Waals surface area contributed by atoms with Crippen molar-refractivity contribution in [2.24, 2.45) is 0 Å². The van der Waals surface area contributed by atoms with Crippen LogP contribution in [0.2, 0.25) is 0 Å². The van der Waals surface area contributed by atoms with Gasteiger partial charge in [0.2, 0.25) is 0 Å². The van der Waals surface area contributed by atoms with Crippen molar-refractivity contribution in [3.8, 4) is 33.6 Å². The summed E-state index contributed by atoms with van der Waals surface area (Å²) in [5, 5.41) is 8.94. The number of likely N-dealkylation sites (tertiary alicyclic amines) is 1. The third-order valence-electron chi connectivity index (χ3n) is 8.02. The van der Waals surface area contributed by atoms with E-state index in [9.17, 15) is 21.6 Å². The third-order valence-corrected chi connectivity index (χ3v) is 8.97. The Morgan fingerprint density at radius 3 is 2.58 bits per heavy atom. The SMILES string of the molecule is CS(=O)(=O)CCc1cc(F)cc(-c2ccnc3[nH]c(-c4[nH]nc5ncc(-c6cncc(CN7CCC(F)(F)C7)c6)cc45)cc23)c1. The molecule has 13 heteroatoms. The first-order valence-corrected chi connectivity index (χ1v) is 16.4. The maximum Gasteiger partial charge on any atom is 0.261 e. The van der Waals surface area contributed by atoms with E-state index in [1.807, 2.05) is 18.2 Å². The van der Waals surface area contributed by atoms with E-state index in [1.165, 1.54) is 12.1 Å². The average Bonchev–Trinajstić information content (AvgIpc) is 3.71. The molecule has 230 valence electrons. The van der Waals surface area contributed by atoms with Crippen LogP contribution < -0.4 is 0 Å². The van der Waals surface area contributed by atoms with Crippen molar-refractivity contribution >= 4 is 31.9 Å². The van der Waals surface area contributed by atoms with Crippen molar-refractivity contribution in [1.29, 1.82) is 0 Å². The molecule has 0 spiro atoms. The molecule has 1 aliphatic rings. The molecule has 45 heavy (non-hydrogen) atoms. The van der Waals surface area contributed by atoms with Crippen LogP contribution in [-0.4, -0.2) is 74.5 Å². The van der Waals surface area contributed by atoms with Crippen LogP contribution in [0.15, 0.2) is 67.3 Å². The van der Waals surface area contributed by atoms with Crippen molar-refractivity contribution in [2.75, 3.05) is 25.1 Å². The number of sulfone groups is 1. The van der Waals surface area contributed by atoms with E-state index in [1.54, 1.807) is 41.8 Å². The van der Waals surface area contributed by atoms with Crippen LogP contribution in [0.4, 0.5) is 13.2 Å². The zero-order chi connectivity index (χ0) is 31.3. The molecule has 1 fully saturated rings. The minimum atomic E-state index is -3.20. The Morgan fingerprint density at radius 1 is 0.956 bits per heavy atom. The number of halogens is 3. The molecule has 0 aliphatic carbocycles. The summed E-state index contributed by atoms with van der Waals surface area (Å²) < 4.78 is 65.4. The largest absolute Gasteiger partial charge is 0.338 e. The van der Waals surface area contributed by atoms with E-state index >= 15 is 0 Å². The number of alkyl halides is 2. The highest BCUT2D eigenvalue weighted by Gasteiger charge is 2.37. The van der Waals surface area contributed by atoms with Gasteiger partial charge in [-0.3, -0.25) is 15.0 Å². The highest BCUT2D eigenvalue weighted by Crippen LogP contribution is 2.35. The monoisotopic (exact) mass is 631 g/mol. The number of hydrogen-bond acceptors (Lipinski definition) is 7. The molecule has 0 bridgehead atoms. The van der Waals surface area contributed by atoms with Gasteiger partial charge in [0.15, 0.2) is 5.65 Å². The fourth-order valence-electron chi connectivity index (χ4n) is 5.86. The van der Waals surface area contributed by atoms with E-state index in [2.05, 4.69) is 30.1 Å². The number of nitrogens with zero attached hydrogens (tertiary/aromatic N) is 5. The van der Waals surface area contributed by atoms with Gasteiger partial charge in [0.1, 0.15) is 21.3 Å². The van der Waals surface area contributed by atoms with Crippen molar-refractivity contribution in [2.45, 2.75) is 25.3 Å². The highest BCUT2D eigenvalue weighted by atomic mass is 32.2. The first kappa shape index (κ1) is 29.1. The fourth-order valence-corrected chi connectivity index (χ4v) is 6.47. The van der Waals surface area contributed by atoms with Gasteiger partial charge in [-0.2, -0.15) is 5.10 Å². The summed E-state index contributed by atoms with van der Waals surface area (Å²) in [7, 11) is -3.20. The number of pyridine rings is 3. The fraction of sp³-hybridized carbons (Fsp3) is 0.250. The summed E-state index contributed by atoms with van der Waals surface area (Å²) in [5.74, 6) is -3.18. The molecule has 1 saturated heterocycles. The van der Waals surface area contributed by atoms with E-state index in [0.717, 1.165) is 39.3 Å². The molecular weight excluding hydrogens is 603 g/mol. The predicted octanol–water partition coefficient (Wildman–Crippen LogP) is 5.80. The Hall–Kier alpha value is -4.62. The zero-order valence-corrected chi connectivity index (χ0v) is 25.0. The minimum Gasteiger partial charge on any atom is -0.338 e. The van der Waals surface area contributed by atoms with E-state index in [-0.39, 0.29) is 25.1 Å². The lowest BCUT2D eigenvalue weighted by Gasteiger charge is -2.15. The molecule has 2 N–H and O–H groups in total. The number of aromatic nitrogens is 6. The molecule has 7 rings (SSSR count). The maximum absolute atomic E-state index is 14.6. The van der Waals surface area contributed by atoms with Crippen LogP contribution in [0.1, 0.15) is 17.5 Å². The van der Waals surface area contributed by atoms with Crippen LogP contribution in [0.25, 0.3) is 55.7 Å². The third kappa shape index (κ3) is 6.18. The number of fused-ring (bicyclic) bond motifs is 2. The van der Waals surface area contributed by atoms with Gasteiger partial charge >= 0.3 is 0 Å². The normalized spacial score (nSPS) is 15.4. The molecule has 0 amide bonds. The quantitative estimate of drug-likeness (QED) is 0.218. The Bertz CT molecular complexity index is 2180. The van der Waals surface area contributed by atoms with Crippen molar-refractivity contribution in [3.05, 3.63) is 84.2 Å².